The first-order chi connectivity index (χ1) is 5.20. The van der Waals surface area contributed by atoms with E-state index in [-0.39, 0.29) is 0 Å². The summed E-state index contributed by atoms with van der Waals surface area (Å²) in [5.74, 6) is -0.932. The molecule has 1 rings (SSSR count). The molecule has 1 aromatic heterocycles. The summed E-state index contributed by atoms with van der Waals surface area (Å²) in [6.07, 6.45) is 0.452. The summed E-state index contributed by atoms with van der Waals surface area (Å²) in [5.41, 5.74) is 6.38. The number of aliphatic carboxylic acids is 1. The van der Waals surface area contributed by atoms with Crippen molar-refractivity contribution in [2.45, 2.75) is 12.5 Å². The van der Waals surface area contributed by atoms with Crippen LogP contribution in [0.2, 0.25) is 0 Å². The van der Waals surface area contributed by atoms with Gasteiger partial charge in [-0.25, -0.2) is 0 Å². The first-order valence-electron chi connectivity index (χ1n) is 3.19. The van der Waals surface area contributed by atoms with Crippen LogP contribution in [0.15, 0.2) is 15.9 Å². The van der Waals surface area contributed by atoms with Crippen molar-refractivity contribution in [3.63, 3.8) is 0 Å². The topological polar surface area (TPSA) is 63.3 Å². The molecule has 0 aliphatic rings. The average Bonchev–Trinajstić information content (AvgIpc) is 2.39. The van der Waals surface area contributed by atoms with Crippen LogP contribution in [-0.4, -0.2) is 31.6 Å². The fraction of sp³-hybridized carbons (Fsp3) is 0.286. The average molecular weight is 218 g/mol. The van der Waals surface area contributed by atoms with Crippen LogP contribution in [0.5, 0.6) is 0 Å². The van der Waals surface area contributed by atoms with Gasteiger partial charge in [0, 0.05) is 0 Å². The zero-order chi connectivity index (χ0) is 8.27. The van der Waals surface area contributed by atoms with Crippen LogP contribution in [0, 0.1) is 0 Å². The third-order valence-electron chi connectivity index (χ3n) is 1.35. The van der Waals surface area contributed by atoms with Gasteiger partial charge in [-0.3, -0.25) is 0 Å². The molecular formula is C7H9NO2Se. The molecule has 0 amide bonds. The Kier molecular flexibility index (Phi) is 2.88. The first kappa shape index (κ1) is 8.53. The molecule has 0 radical (unpaired) electrons. The van der Waals surface area contributed by atoms with E-state index in [2.05, 4.69) is 9.88 Å². The maximum absolute atomic E-state index is 10.3. The second-order valence-electron chi connectivity index (χ2n) is 2.28. The number of carboxylic acids is 1. The Morgan fingerprint density at radius 1 is 1.82 bits per heavy atom. The molecule has 0 spiro atoms. The van der Waals surface area contributed by atoms with E-state index in [1.807, 2.05) is 6.07 Å². The number of rotatable bonds is 3. The van der Waals surface area contributed by atoms with Crippen LogP contribution in [0.1, 0.15) is 5.56 Å². The van der Waals surface area contributed by atoms with Crippen molar-refractivity contribution in [3.05, 3.63) is 21.5 Å². The number of carbonyl (C=O) groups is 1. The summed E-state index contributed by atoms with van der Waals surface area (Å²) in [6.45, 7) is 0. The van der Waals surface area contributed by atoms with E-state index in [0.29, 0.717) is 20.9 Å². The van der Waals surface area contributed by atoms with E-state index >= 15 is 0 Å². The zero-order valence-electron chi connectivity index (χ0n) is 5.86. The van der Waals surface area contributed by atoms with Gasteiger partial charge in [-0.15, -0.1) is 0 Å². The van der Waals surface area contributed by atoms with Crippen LogP contribution in [0.3, 0.4) is 0 Å². The Bertz CT molecular complexity index is 233. The molecule has 3 nitrogen and oxygen atoms in total. The molecule has 0 saturated carbocycles. The molecule has 1 heterocycles. The molecule has 3 N–H and O–H groups in total. The third kappa shape index (κ3) is 2.50. The van der Waals surface area contributed by atoms with E-state index in [4.69, 9.17) is 10.8 Å². The van der Waals surface area contributed by atoms with Gasteiger partial charge in [0.05, 0.1) is 0 Å². The third-order valence-corrected chi connectivity index (χ3v) is 2.89. The van der Waals surface area contributed by atoms with Crippen LogP contribution >= 0.6 is 0 Å². The van der Waals surface area contributed by atoms with Gasteiger partial charge in [-0.05, 0) is 0 Å². The van der Waals surface area contributed by atoms with Crippen molar-refractivity contribution in [1.82, 2.24) is 0 Å². The number of nitrogens with two attached hydrogens (primary N) is 1. The van der Waals surface area contributed by atoms with Gasteiger partial charge < -0.3 is 0 Å². The van der Waals surface area contributed by atoms with Gasteiger partial charge >= 0.3 is 70.1 Å². The Balaban J connectivity index is 2.50. The molecule has 1 unspecified atom stereocenters. The molecule has 1 atom stereocenters. The molecule has 0 bridgehead atoms. The zero-order valence-corrected chi connectivity index (χ0v) is 7.57. The molecule has 0 aliphatic carbocycles. The van der Waals surface area contributed by atoms with Crippen LogP contribution in [-0.2, 0) is 11.2 Å². The molecule has 0 saturated heterocycles. The van der Waals surface area contributed by atoms with Crippen molar-refractivity contribution in [1.29, 1.82) is 0 Å². The maximum atomic E-state index is 10.3. The van der Waals surface area contributed by atoms with E-state index in [9.17, 15) is 4.79 Å². The molecule has 4 heteroatoms. The quantitative estimate of drug-likeness (QED) is 0.684. The second-order valence-corrected chi connectivity index (χ2v) is 3.92. The van der Waals surface area contributed by atoms with Gasteiger partial charge in [0.25, 0.3) is 0 Å². The van der Waals surface area contributed by atoms with Gasteiger partial charge in [-0.2, -0.15) is 0 Å². The Morgan fingerprint density at radius 3 is 3.00 bits per heavy atom. The predicted molar refractivity (Wildman–Crippen MR) is 42.7 cm³/mol. The van der Waals surface area contributed by atoms with Gasteiger partial charge in [0.2, 0.25) is 0 Å². The molecule has 0 fully saturated rings. The van der Waals surface area contributed by atoms with Crippen molar-refractivity contribution in [2.24, 2.45) is 5.73 Å². The Labute approximate surface area is 70.6 Å². The normalized spacial score (nSPS) is 12.8. The summed E-state index contributed by atoms with van der Waals surface area (Å²) in [6, 6.07) is 1.20. The van der Waals surface area contributed by atoms with E-state index in [0.717, 1.165) is 5.56 Å². The molecular weight excluding hydrogens is 209 g/mol. The van der Waals surface area contributed by atoms with Crippen molar-refractivity contribution < 1.29 is 9.90 Å². The minimum absolute atomic E-state index is 0.424. The summed E-state index contributed by atoms with van der Waals surface area (Å²) < 4.78 is 0. The van der Waals surface area contributed by atoms with E-state index in [1.165, 1.54) is 0 Å². The fourth-order valence-corrected chi connectivity index (χ4v) is 2.18. The summed E-state index contributed by atoms with van der Waals surface area (Å²) >= 11 is 0.424. The van der Waals surface area contributed by atoms with Gasteiger partial charge in [-0.1, -0.05) is 0 Å². The molecule has 0 aromatic carbocycles. The summed E-state index contributed by atoms with van der Waals surface area (Å²) in [7, 11) is 0. The number of hydrogen-bond acceptors (Lipinski definition) is 2. The predicted octanol–water partition coefficient (Wildman–Crippen LogP) is -0.302. The monoisotopic (exact) mass is 219 g/mol. The summed E-state index contributed by atoms with van der Waals surface area (Å²) in [5, 5.41) is 8.47. The molecule has 11 heavy (non-hydrogen) atoms. The van der Waals surface area contributed by atoms with Gasteiger partial charge in [0.1, 0.15) is 0 Å². The van der Waals surface area contributed by atoms with Crippen molar-refractivity contribution in [3.8, 4) is 0 Å². The number of hydrogen-bond donors (Lipinski definition) is 2. The molecule has 60 valence electrons. The van der Waals surface area contributed by atoms with Crippen LogP contribution in [0.25, 0.3) is 0 Å². The van der Waals surface area contributed by atoms with Crippen molar-refractivity contribution >= 4 is 20.5 Å². The van der Waals surface area contributed by atoms with E-state index < -0.39 is 12.0 Å². The molecule has 0 aliphatic heterocycles. The van der Waals surface area contributed by atoms with Crippen LogP contribution < -0.4 is 5.73 Å². The minimum atomic E-state index is -0.932. The Morgan fingerprint density at radius 2 is 2.55 bits per heavy atom. The van der Waals surface area contributed by atoms with Gasteiger partial charge in [0.15, 0.2) is 0 Å². The van der Waals surface area contributed by atoms with Crippen LogP contribution in [0.4, 0.5) is 0 Å². The molecule has 1 aromatic rings. The van der Waals surface area contributed by atoms with E-state index in [1.54, 1.807) is 0 Å². The summed E-state index contributed by atoms with van der Waals surface area (Å²) in [4.78, 5) is 14.4. The first-order valence-corrected chi connectivity index (χ1v) is 5.17. The Hall–Kier alpha value is -0.571. The standard InChI is InChI=1S/C7H9NO2Se/c8-6(7(9)10)3-5-1-2-11-4-5/h1-2,4,6H,3,8H2,(H,9,10). The number of carboxylic acid groups (broad SMARTS) is 1. The van der Waals surface area contributed by atoms with Crippen molar-refractivity contribution in [2.75, 3.05) is 0 Å². The fourth-order valence-electron chi connectivity index (χ4n) is 0.750. The SMILES string of the molecule is NC(Cc1cc[se]c1)C(=O)O. The second kappa shape index (κ2) is 3.72.